The molecule has 1 aliphatic carbocycles. The van der Waals surface area contributed by atoms with E-state index in [1.54, 1.807) is 24.3 Å². The summed E-state index contributed by atoms with van der Waals surface area (Å²) >= 11 is 0. The molecule has 7 heteroatoms. The summed E-state index contributed by atoms with van der Waals surface area (Å²) in [5, 5.41) is 5.54. The number of ether oxygens (including phenoxy) is 1. The summed E-state index contributed by atoms with van der Waals surface area (Å²) in [6.45, 7) is 0. The van der Waals surface area contributed by atoms with Gasteiger partial charge in [-0.2, -0.15) is 0 Å². The van der Waals surface area contributed by atoms with Crippen molar-refractivity contribution < 1.29 is 14.3 Å². The average molecular weight is 312 g/mol. The van der Waals surface area contributed by atoms with Gasteiger partial charge < -0.3 is 15.4 Å². The number of aromatic nitrogens is 2. The summed E-state index contributed by atoms with van der Waals surface area (Å²) in [6, 6.07) is 6.82. The zero-order valence-electron chi connectivity index (χ0n) is 12.6. The van der Waals surface area contributed by atoms with E-state index in [1.807, 2.05) is 0 Å². The molecule has 0 atom stereocenters. The molecule has 0 aliphatic heterocycles. The van der Waals surface area contributed by atoms with Crippen molar-refractivity contribution in [3.63, 3.8) is 0 Å². The van der Waals surface area contributed by atoms with Crippen LogP contribution in [0.5, 0.6) is 5.75 Å². The molecule has 0 saturated heterocycles. The van der Waals surface area contributed by atoms with Crippen LogP contribution in [0.25, 0.3) is 0 Å². The van der Waals surface area contributed by atoms with E-state index in [9.17, 15) is 9.59 Å². The number of hydrogen-bond acceptors (Lipinski definition) is 5. The van der Waals surface area contributed by atoms with Gasteiger partial charge in [-0.15, -0.1) is 0 Å². The third kappa shape index (κ3) is 3.63. The highest BCUT2D eigenvalue weighted by molar-refractivity contribution is 6.06. The molecule has 0 spiro atoms. The maximum absolute atomic E-state index is 12.3. The molecule has 2 aromatic rings. The molecule has 0 unspecified atom stereocenters. The first-order valence-electron chi connectivity index (χ1n) is 7.23. The number of hydrogen-bond donors (Lipinski definition) is 2. The first-order chi connectivity index (χ1) is 11.2. The lowest BCUT2D eigenvalue weighted by molar-refractivity contribution is 0.0951. The minimum Gasteiger partial charge on any atom is -0.491 e. The van der Waals surface area contributed by atoms with Crippen LogP contribution >= 0.6 is 0 Å². The van der Waals surface area contributed by atoms with Gasteiger partial charge in [0.2, 0.25) is 0 Å². The average Bonchev–Trinajstić information content (AvgIpc) is 3.39. The van der Waals surface area contributed by atoms with Crippen molar-refractivity contribution in [2.45, 2.75) is 18.9 Å². The summed E-state index contributed by atoms with van der Waals surface area (Å²) in [4.78, 5) is 32.2. The van der Waals surface area contributed by atoms with Crippen LogP contribution in [-0.4, -0.2) is 34.9 Å². The lowest BCUT2D eigenvalue weighted by Crippen LogP contribution is -2.25. The molecule has 0 radical (unpaired) electrons. The summed E-state index contributed by atoms with van der Waals surface area (Å²) in [7, 11) is 1.47. The van der Waals surface area contributed by atoms with Crippen molar-refractivity contribution >= 4 is 17.6 Å². The number of rotatable bonds is 5. The Morgan fingerprint density at radius 1 is 1.22 bits per heavy atom. The topological polar surface area (TPSA) is 93.2 Å². The van der Waals surface area contributed by atoms with Crippen molar-refractivity contribution in [1.29, 1.82) is 0 Å². The lowest BCUT2D eigenvalue weighted by Gasteiger charge is -2.09. The monoisotopic (exact) mass is 312 g/mol. The number of carbonyl (C=O) groups is 2. The van der Waals surface area contributed by atoms with Crippen molar-refractivity contribution in [3.05, 3.63) is 47.9 Å². The second-order valence-corrected chi connectivity index (χ2v) is 5.22. The Morgan fingerprint density at radius 2 is 1.96 bits per heavy atom. The minimum absolute atomic E-state index is 0.165. The molecule has 1 aliphatic rings. The zero-order chi connectivity index (χ0) is 16.2. The van der Waals surface area contributed by atoms with Crippen LogP contribution in [-0.2, 0) is 0 Å². The number of anilines is 1. The molecular weight excluding hydrogens is 296 g/mol. The van der Waals surface area contributed by atoms with Gasteiger partial charge in [0, 0.05) is 17.2 Å². The third-order valence-corrected chi connectivity index (χ3v) is 3.43. The van der Waals surface area contributed by atoms with Crippen LogP contribution in [0.15, 0.2) is 36.8 Å². The van der Waals surface area contributed by atoms with E-state index in [4.69, 9.17) is 4.74 Å². The molecule has 1 aromatic carbocycles. The van der Waals surface area contributed by atoms with Crippen molar-refractivity contribution in [2.24, 2.45) is 0 Å². The zero-order valence-corrected chi connectivity index (χ0v) is 12.6. The first-order valence-corrected chi connectivity index (χ1v) is 7.23. The van der Waals surface area contributed by atoms with Crippen molar-refractivity contribution in [2.75, 3.05) is 12.4 Å². The van der Waals surface area contributed by atoms with E-state index >= 15 is 0 Å². The highest BCUT2D eigenvalue weighted by Crippen LogP contribution is 2.21. The van der Waals surface area contributed by atoms with Gasteiger partial charge in [0.05, 0.1) is 13.3 Å². The molecule has 0 bridgehead atoms. The molecule has 1 aromatic heterocycles. The summed E-state index contributed by atoms with van der Waals surface area (Å²) in [6.07, 6.45) is 4.80. The SMILES string of the molecule is COc1cncnc1NC(=O)c1cccc(C(=O)NC2CC2)c1. The van der Waals surface area contributed by atoms with Gasteiger partial charge in [-0.1, -0.05) is 6.07 Å². The Bertz CT molecular complexity index is 744. The Kier molecular flexibility index (Phi) is 4.18. The molecule has 118 valence electrons. The largest absolute Gasteiger partial charge is 0.491 e. The number of amides is 2. The Hall–Kier alpha value is -2.96. The molecule has 7 nitrogen and oxygen atoms in total. The Labute approximate surface area is 133 Å². The second-order valence-electron chi connectivity index (χ2n) is 5.22. The second kappa shape index (κ2) is 6.43. The predicted molar refractivity (Wildman–Crippen MR) is 83.5 cm³/mol. The minimum atomic E-state index is -0.372. The highest BCUT2D eigenvalue weighted by atomic mass is 16.5. The standard InChI is InChI=1S/C16H16N4O3/c1-23-13-8-17-9-18-14(13)20-16(22)11-4-2-3-10(7-11)15(21)19-12-5-6-12/h2-4,7-9,12H,5-6H2,1H3,(H,19,21)(H,17,18,20,22). The fourth-order valence-electron chi connectivity index (χ4n) is 2.04. The van der Waals surface area contributed by atoms with E-state index in [1.165, 1.54) is 19.6 Å². The van der Waals surface area contributed by atoms with E-state index in [0.29, 0.717) is 16.9 Å². The van der Waals surface area contributed by atoms with Crippen molar-refractivity contribution in [1.82, 2.24) is 15.3 Å². The molecule has 2 amide bonds. The quantitative estimate of drug-likeness (QED) is 0.875. The molecular formula is C16H16N4O3. The van der Waals surface area contributed by atoms with E-state index in [-0.39, 0.29) is 23.7 Å². The van der Waals surface area contributed by atoms with Crippen LogP contribution in [0.1, 0.15) is 33.6 Å². The fourth-order valence-corrected chi connectivity index (χ4v) is 2.04. The van der Waals surface area contributed by atoms with E-state index < -0.39 is 0 Å². The Balaban J connectivity index is 1.75. The Morgan fingerprint density at radius 3 is 2.65 bits per heavy atom. The first kappa shape index (κ1) is 15.0. The van der Waals surface area contributed by atoms with Crippen LogP contribution in [0.2, 0.25) is 0 Å². The van der Waals surface area contributed by atoms with E-state index in [0.717, 1.165) is 12.8 Å². The molecule has 1 heterocycles. The fraction of sp³-hybridized carbons (Fsp3) is 0.250. The van der Waals surface area contributed by atoms with Gasteiger partial charge in [0.15, 0.2) is 11.6 Å². The summed E-state index contributed by atoms with van der Waals surface area (Å²) < 4.78 is 5.09. The van der Waals surface area contributed by atoms with Crippen LogP contribution in [0.3, 0.4) is 0 Å². The molecule has 1 fully saturated rings. The van der Waals surface area contributed by atoms with Gasteiger partial charge >= 0.3 is 0 Å². The predicted octanol–water partition coefficient (Wildman–Crippen LogP) is 1.63. The van der Waals surface area contributed by atoms with Gasteiger partial charge in [-0.3, -0.25) is 9.59 Å². The lowest BCUT2D eigenvalue weighted by atomic mass is 10.1. The van der Waals surface area contributed by atoms with Crippen LogP contribution < -0.4 is 15.4 Å². The number of carbonyl (C=O) groups excluding carboxylic acids is 2. The third-order valence-electron chi connectivity index (χ3n) is 3.43. The molecule has 23 heavy (non-hydrogen) atoms. The van der Waals surface area contributed by atoms with Gasteiger partial charge in [0.1, 0.15) is 6.33 Å². The number of nitrogens with zero attached hydrogens (tertiary/aromatic N) is 2. The van der Waals surface area contributed by atoms with Gasteiger partial charge in [-0.25, -0.2) is 9.97 Å². The van der Waals surface area contributed by atoms with Crippen molar-refractivity contribution in [3.8, 4) is 5.75 Å². The molecule has 3 rings (SSSR count). The highest BCUT2D eigenvalue weighted by Gasteiger charge is 2.24. The van der Waals surface area contributed by atoms with E-state index in [2.05, 4.69) is 20.6 Å². The normalized spacial score (nSPS) is 13.3. The van der Waals surface area contributed by atoms with Gasteiger partial charge in [-0.05, 0) is 31.0 Å². The van der Waals surface area contributed by atoms with Crippen LogP contribution in [0.4, 0.5) is 5.82 Å². The van der Waals surface area contributed by atoms with Gasteiger partial charge in [0.25, 0.3) is 11.8 Å². The molecule has 2 N–H and O–H groups in total. The molecule has 1 saturated carbocycles. The maximum Gasteiger partial charge on any atom is 0.256 e. The maximum atomic E-state index is 12.3. The number of benzene rings is 1. The summed E-state index contributed by atoms with van der Waals surface area (Å²) in [5.74, 6) is 0.105. The summed E-state index contributed by atoms with van der Waals surface area (Å²) in [5.41, 5.74) is 0.827. The number of nitrogens with one attached hydrogen (secondary N) is 2. The van der Waals surface area contributed by atoms with Crippen LogP contribution in [0, 0.1) is 0 Å². The number of methoxy groups -OCH3 is 1. The smallest absolute Gasteiger partial charge is 0.256 e.